The van der Waals surface area contributed by atoms with Gasteiger partial charge in [-0.1, -0.05) is 20.8 Å². The zero-order chi connectivity index (χ0) is 10.6. The monoisotopic (exact) mass is 205 g/mol. The van der Waals surface area contributed by atoms with Gasteiger partial charge in [0, 0.05) is 28.2 Å². The molecule has 13 heavy (non-hydrogen) atoms. The predicted octanol–water partition coefficient (Wildman–Crippen LogP) is 0.697. The highest BCUT2D eigenvalue weighted by atomic mass is 32.2. The number of carbonyl (C=O) groups is 1. The van der Waals surface area contributed by atoms with Crippen molar-refractivity contribution in [1.29, 1.82) is 0 Å². The molecule has 0 radical (unpaired) electrons. The number of rotatable bonds is 4. The zero-order valence-electron chi connectivity index (χ0n) is 8.79. The van der Waals surface area contributed by atoms with E-state index in [1.54, 1.807) is 6.26 Å². The fourth-order valence-electron chi connectivity index (χ4n) is 0.980. The predicted molar refractivity (Wildman–Crippen MR) is 56.0 cm³/mol. The summed E-state index contributed by atoms with van der Waals surface area (Å²) in [5, 5.41) is 0. The van der Waals surface area contributed by atoms with Crippen molar-refractivity contribution in [3.05, 3.63) is 0 Å². The van der Waals surface area contributed by atoms with Crippen molar-refractivity contribution in [3.8, 4) is 0 Å². The second kappa shape index (κ2) is 4.86. The van der Waals surface area contributed by atoms with Crippen molar-refractivity contribution in [2.45, 2.75) is 33.2 Å². The molecule has 2 N–H and O–H groups in total. The molecule has 0 bridgehead atoms. The molecule has 0 aliphatic heterocycles. The maximum atomic E-state index is 11.6. The van der Waals surface area contributed by atoms with Crippen LogP contribution in [-0.4, -0.2) is 28.0 Å². The first-order valence-electron chi connectivity index (χ1n) is 4.35. The summed E-state index contributed by atoms with van der Waals surface area (Å²) in [5.74, 6) is 0.543. The van der Waals surface area contributed by atoms with Gasteiger partial charge in [-0.3, -0.25) is 9.00 Å². The minimum Gasteiger partial charge on any atom is -0.321 e. The third-order valence-corrected chi connectivity index (χ3v) is 2.60. The van der Waals surface area contributed by atoms with Gasteiger partial charge < -0.3 is 5.73 Å². The van der Waals surface area contributed by atoms with Crippen LogP contribution in [0.5, 0.6) is 0 Å². The molecule has 0 saturated carbocycles. The van der Waals surface area contributed by atoms with Crippen LogP contribution in [0, 0.1) is 5.41 Å². The van der Waals surface area contributed by atoms with Crippen LogP contribution >= 0.6 is 0 Å². The first-order valence-corrected chi connectivity index (χ1v) is 6.08. The van der Waals surface area contributed by atoms with Crippen LogP contribution < -0.4 is 5.73 Å². The molecular formula is C9H19NO2S. The van der Waals surface area contributed by atoms with Crippen LogP contribution in [0.4, 0.5) is 0 Å². The van der Waals surface area contributed by atoms with Gasteiger partial charge in [0.15, 0.2) is 5.78 Å². The lowest BCUT2D eigenvalue weighted by atomic mass is 9.86. The molecule has 0 saturated heterocycles. The number of nitrogens with two attached hydrogens (primary N) is 1. The van der Waals surface area contributed by atoms with Crippen LogP contribution in [0.15, 0.2) is 0 Å². The lowest BCUT2D eigenvalue weighted by Crippen LogP contribution is -2.39. The molecule has 4 heteroatoms. The van der Waals surface area contributed by atoms with Crippen molar-refractivity contribution >= 4 is 16.6 Å². The smallest absolute Gasteiger partial charge is 0.154 e. The summed E-state index contributed by atoms with van der Waals surface area (Å²) in [5.41, 5.74) is 5.27. The van der Waals surface area contributed by atoms with Gasteiger partial charge in [-0.2, -0.15) is 0 Å². The van der Waals surface area contributed by atoms with Crippen LogP contribution in [0.25, 0.3) is 0 Å². The van der Waals surface area contributed by atoms with E-state index in [1.807, 2.05) is 20.8 Å². The van der Waals surface area contributed by atoms with E-state index in [-0.39, 0.29) is 5.78 Å². The molecule has 3 nitrogen and oxygen atoms in total. The molecule has 0 rings (SSSR count). The quantitative estimate of drug-likeness (QED) is 0.735. The topological polar surface area (TPSA) is 60.2 Å². The number of carbonyl (C=O) groups excluding carboxylic acids is 1. The third kappa shape index (κ3) is 5.16. The highest BCUT2D eigenvalue weighted by Gasteiger charge is 2.26. The van der Waals surface area contributed by atoms with E-state index >= 15 is 0 Å². The summed E-state index contributed by atoms with van der Waals surface area (Å²) in [6.07, 6.45) is 2.13. The Bertz CT molecular complexity index is 208. The van der Waals surface area contributed by atoms with Crippen LogP contribution in [0.1, 0.15) is 27.2 Å². The molecule has 0 aliphatic carbocycles. The fraction of sp³-hybridized carbons (Fsp3) is 0.889. The third-order valence-electron chi connectivity index (χ3n) is 1.79. The number of hydrogen-bond acceptors (Lipinski definition) is 3. The second-order valence-electron chi connectivity index (χ2n) is 4.29. The summed E-state index contributed by atoms with van der Waals surface area (Å²) in [4.78, 5) is 11.6. The number of ketones is 1. The van der Waals surface area contributed by atoms with E-state index in [9.17, 15) is 9.00 Å². The van der Waals surface area contributed by atoms with Crippen LogP contribution in [0.3, 0.4) is 0 Å². The largest absolute Gasteiger partial charge is 0.321 e. The van der Waals surface area contributed by atoms with Crippen molar-refractivity contribution in [3.63, 3.8) is 0 Å². The van der Waals surface area contributed by atoms with Gasteiger partial charge in [-0.05, 0) is 6.42 Å². The highest BCUT2D eigenvalue weighted by Crippen LogP contribution is 2.17. The molecule has 0 amide bonds. The van der Waals surface area contributed by atoms with Gasteiger partial charge in [0.1, 0.15) is 0 Å². The minimum absolute atomic E-state index is 0.0398. The van der Waals surface area contributed by atoms with Gasteiger partial charge in [0.25, 0.3) is 0 Å². The fourth-order valence-corrected chi connectivity index (χ4v) is 1.57. The Morgan fingerprint density at radius 1 is 1.46 bits per heavy atom. The standard InChI is InChI=1S/C9H19NO2S/c1-9(2,3)8(11)7(10)5-6-13(4)12/h7H,5-6,10H2,1-4H3. The van der Waals surface area contributed by atoms with Gasteiger partial charge in [-0.25, -0.2) is 0 Å². The Balaban J connectivity index is 4.05. The molecule has 2 unspecified atom stereocenters. The van der Waals surface area contributed by atoms with Gasteiger partial charge in [0.05, 0.1) is 6.04 Å². The molecule has 0 aromatic rings. The molecule has 0 fully saturated rings. The van der Waals surface area contributed by atoms with E-state index in [0.717, 1.165) is 0 Å². The van der Waals surface area contributed by atoms with Crippen molar-refractivity contribution in [1.82, 2.24) is 0 Å². The van der Waals surface area contributed by atoms with E-state index in [4.69, 9.17) is 5.73 Å². The van der Waals surface area contributed by atoms with E-state index < -0.39 is 22.3 Å². The summed E-state index contributed by atoms with van der Waals surface area (Å²) < 4.78 is 10.8. The summed E-state index contributed by atoms with van der Waals surface area (Å²) in [6.45, 7) is 5.54. The Hall–Kier alpha value is -0.220. The first-order chi connectivity index (χ1) is 5.75. The molecule has 0 spiro atoms. The molecule has 78 valence electrons. The van der Waals surface area contributed by atoms with Crippen molar-refractivity contribution in [2.75, 3.05) is 12.0 Å². The van der Waals surface area contributed by atoms with Gasteiger partial charge in [-0.15, -0.1) is 0 Å². The molecule has 2 atom stereocenters. The van der Waals surface area contributed by atoms with Gasteiger partial charge >= 0.3 is 0 Å². The average Bonchev–Trinajstić information content (AvgIpc) is 1.96. The SMILES string of the molecule is CS(=O)CCC(N)C(=O)C(C)(C)C. The maximum Gasteiger partial charge on any atom is 0.154 e. The molecule has 0 heterocycles. The average molecular weight is 205 g/mol. The summed E-state index contributed by atoms with van der Waals surface area (Å²) >= 11 is 0. The van der Waals surface area contributed by atoms with E-state index in [0.29, 0.717) is 12.2 Å². The molecule has 0 aliphatic rings. The van der Waals surface area contributed by atoms with Crippen molar-refractivity contribution in [2.24, 2.45) is 11.1 Å². The Morgan fingerprint density at radius 2 is 1.92 bits per heavy atom. The first kappa shape index (κ1) is 12.8. The van der Waals surface area contributed by atoms with E-state index in [1.165, 1.54) is 0 Å². The maximum absolute atomic E-state index is 11.6. The van der Waals surface area contributed by atoms with Gasteiger partial charge in [0.2, 0.25) is 0 Å². The molecular weight excluding hydrogens is 186 g/mol. The highest BCUT2D eigenvalue weighted by molar-refractivity contribution is 7.84. The normalized spacial score (nSPS) is 16.7. The van der Waals surface area contributed by atoms with Crippen LogP contribution in [0.2, 0.25) is 0 Å². The zero-order valence-corrected chi connectivity index (χ0v) is 9.61. The molecule has 0 aromatic heterocycles. The lowest BCUT2D eigenvalue weighted by Gasteiger charge is -2.21. The summed E-state index contributed by atoms with van der Waals surface area (Å²) in [6, 6.07) is -0.469. The second-order valence-corrected chi connectivity index (χ2v) is 5.84. The Kier molecular flexibility index (Phi) is 4.78. The van der Waals surface area contributed by atoms with E-state index in [2.05, 4.69) is 0 Å². The Labute approximate surface area is 82.5 Å². The number of Topliss-reactive ketones (excluding diaryl/α,β-unsaturated/α-hetero) is 1. The molecule has 0 aromatic carbocycles. The van der Waals surface area contributed by atoms with Crippen LogP contribution in [-0.2, 0) is 15.6 Å². The minimum atomic E-state index is -0.862. The van der Waals surface area contributed by atoms with Crippen molar-refractivity contribution < 1.29 is 9.00 Å². The Morgan fingerprint density at radius 3 is 2.23 bits per heavy atom. The number of hydrogen-bond donors (Lipinski definition) is 1. The lowest BCUT2D eigenvalue weighted by molar-refractivity contribution is -0.127. The summed E-state index contributed by atoms with van der Waals surface area (Å²) in [7, 11) is -0.862.